The Morgan fingerprint density at radius 2 is 2.28 bits per heavy atom. The predicted molar refractivity (Wildman–Crippen MR) is 96.9 cm³/mol. The number of aryl methyl sites for hydroxylation is 2. The molecule has 0 aromatic carbocycles. The maximum Gasteiger partial charge on any atom is 0.262 e. The molecule has 1 aliphatic rings. The van der Waals surface area contributed by atoms with Crippen molar-refractivity contribution in [1.82, 2.24) is 29.8 Å². The van der Waals surface area contributed by atoms with E-state index in [0.717, 1.165) is 48.9 Å². The molecule has 3 aromatic rings. The Hall–Kier alpha value is -2.09. The minimum atomic E-state index is 0.0297. The van der Waals surface area contributed by atoms with Crippen molar-refractivity contribution in [3.05, 3.63) is 32.9 Å². The van der Waals surface area contributed by atoms with Gasteiger partial charge < -0.3 is 0 Å². The van der Waals surface area contributed by atoms with Crippen LogP contribution in [0.25, 0.3) is 10.2 Å². The van der Waals surface area contributed by atoms with E-state index in [-0.39, 0.29) is 5.56 Å². The first-order chi connectivity index (χ1) is 12.2. The zero-order chi connectivity index (χ0) is 17.4. The second-order valence-electron chi connectivity index (χ2n) is 6.88. The third-order valence-electron chi connectivity index (χ3n) is 4.92. The van der Waals surface area contributed by atoms with E-state index in [4.69, 9.17) is 0 Å². The summed E-state index contributed by atoms with van der Waals surface area (Å²) < 4.78 is 3.42. The highest BCUT2D eigenvalue weighted by Crippen LogP contribution is 2.35. The van der Waals surface area contributed by atoms with Gasteiger partial charge in [-0.25, -0.2) is 9.67 Å². The van der Waals surface area contributed by atoms with Gasteiger partial charge in [0.1, 0.15) is 4.83 Å². The molecular formula is C17H22N6OS. The smallest absolute Gasteiger partial charge is 0.262 e. The summed E-state index contributed by atoms with van der Waals surface area (Å²) in [4.78, 5) is 19.8. The van der Waals surface area contributed by atoms with Crippen molar-refractivity contribution in [2.24, 2.45) is 5.92 Å². The molecule has 0 amide bonds. The normalized spacial score (nSPS) is 17.1. The summed E-state index contributed by atoms with van der Waals surface area (Å²) in [5.41, 5.74) is 1.25. The third kappa shape index (κ3) is 2.99. The lowest BCUT2D eigenvalue weighted by atomic mass is 9.89. The lowest BCUT2D eigenvalue weighted by Crippen LogP contribution is -2.24. The summed E-state index contributed by atoms with van der Waals surface area (Å²) in [5.74, 6) is 1.39. The lowest BCUT2D eigenvalue weighted by molar-refractivity contribution is 0.508. The molecule has 7 nitrogen and oxygen atoms in total. The topological polar surface area (TPSA) is 78.5 Å². The number of hydrogen-bond acceptors (Lipinski definition) is 6. The largest absolute Gasteiger partial charge is 0.291 e. The van der Waals surface area contributed by atoms with E-state index in [0.29, 0.717) is 18.3 Å². The Bertz CT molecular complexity index is 956. The molecule has 1 aliphatic carbocycles. The Morgan fingerprint density at radius 3 is 3.12 bits per heavy atom. The van der Waals surface area contributed by atoms with Gasteiger partial charge in [0.15, 0.2) is 5.82 Å². The molecule has 3 aromatic heterocycles. The zero-order valence-corrected chi connectivity index (χ0v) is 15.4. The number of hydrogen-bond donors (Lipinski definition) is 0. The van der Waals surface area contributed by atoms with Crippen molar-refractivity contribution in [3.8, 4) is 0 Å². The van der Waals surface area contributed by atoms with Gasteiger partial charge in [0, 0.05) is 11.4 Å². The molecule has 0 bridgehead atoms. The van der Waals surface area contributed by atoms with Gasteiger partial charge in [-0.3, -0.25) is 9.36 Å². The molecule has 25 heavy (non-hydrogen) atoms. The van der Waals surface area contributed by atoms with Gasteiger partial charge in [0.25, 0.3) is 5.56 Å². The van der Waals surface area contributed by atoms with Crippen molar-refractivity contribution in [2.75, 3.05) is 0 Å². The van der Waals surface area contributed by atoms with Crippen molar-refractivity contribution in [3.63, 3.8) is 0 Å². The molecule has 0 saturated carbocycles. The molecule has 8 heteroatoms. The lowest BCUT2D eigenvalue weighted by Gasteiger charge is -2.17. The average molecular weight is 358 g/mol. The molecule has 132 valence electrons. The first-order valence-electron chi connectivity index (χ1n) is 8.92. The highest BCUT2D eigenvalue weighted by atomic mass is 32.1. The standard InChI is InChI=1S/C17H22N6OS/c1-3-4-7-23-14(19-20-21-23)9-22-10-18-16-15(17(22)24)12-6-5-11(2)8-13(12)25-16/h10-11H,3-9H2,1-2H3/t11-/m0/s1. The number of nitrogens with zero attached hydrogens (tertiary/aromatic N) is 6. The maximum atomic E-state index is 13.0. The molecule has 0 N–H and O–H groups in total. The van der Waals surface area contributed by atoms with Crippen molar-refractivity contribution >= 4 is 21.6 Å². The summed E-state index contributed by atoms with van der Waals surface area (Å²) >= 11 is 1.68. The number of unbranched alkanes of at least 4 members (excludes halogenated alkanes) is 1. The second-order valence-corrected chi connectivity index (χ2v) is 7.96. The Balaban J connectivity index is 1.71. The zero-order valence-electron chi connectivity index (χ0n) is 14.6. The van der Waals surface area contributed by atoms with Crippen LogP contribution in [0.5, 0.6) is 0 Å². The maximum absolute atomic E-state index is 13.0. The molecule has 0 unspecified atom stereocenters. The molecular weight excluding hydrogens is 336 g/mol. The number of thiophene rings is 1. The molecule has 4 rings (SSSR count). The summed E-state index contributed by atoms with van der Waals surface area (Å²) in [6.45, 7) is 5.54. The predicted octanol–water partition coefficient (Wildman–Crippen LogP) is 2.42. The summed E-state index contributed by atoms with van der Waals surface area (Å²) in [6.07, 6.45) is 6.90. The molecule has 3 heterocycles. The van der Waals surface area contributed by atoms with E-state index in [9.17, 15) is 4.79 Å². The van der Waals surface area contributed by atoms with E-state index >= 15 is 0 Å². The Labute approximate surface area is 149 Å². The fourth-order valence-corrected chi connectivity index (χ4v) is 4.79. The van der Waals surface area contributed by atoms with Gasteiger partial charge in [0.2, 0.25) is 0 Å². The monoisotopic (exact) mass is 358 g/mol. The van der Waals surface area contributed by atoms with Crippen LogP contribution in [-0.4, -0.2) is 29.8 Å². The van der Waals surface area contributed by atoms with Crippen LogP contribution in [0.4, 0.5) is 0 Å². The van der Waals surface area contributed by atoms with E-state index in [1.54, 1.807) is 26.9 Å². The molecule has 0 spiro atoms. The van der Waals surface area contributed by atoms with Crippen LogP contribution in [-0.2, 0) is 25.9 Å². The van der Waals surface area contributed by atoms with Crippen LogP contribution in [0.1, 0.15) is 49.4 Å². The van der Waals surface area contributed by atoms with Crippen LogP contribution in [0.3, 0.4) is 0 Å². The summed E-state index contributed by atoms with van der Waals surface area (Å²) in [5, 5.41) is 12.7. The molecule has 0 radical (unpaired) electrons. The van der Waals surface area contributed by atoms with E-state index in [1.807, 2.05) is 0 Å². The van der Waals surface area contributed by atoms with Gasteiger partial charge in [-0.05, 0) is 47.6 Å². The molecule has 1 atom stereocenters. The van der Waals surface area contributed by atoms with Gasteiger partial charge in [-0.1, -0.05) is 20.3 Å². The summed E-state index contributed by atoms with van der Waals surface area (Å²) in [7, 11) is 0. The van der Waals surface area contributed by atoms with Crippen LogP contribution >= 0.6 is 11.3 Å². The third-order valence-corrected chi connectivity index (χ3v) is 6.09. The molecule has 0 saturated heterocycles. The number of tetrazole rings is 1. The van der Waals surface area contributed by atoms with E-state index in [1.165, 1.54) is 10.4 Å². The first kappa shape index (κ1) is 16.4. The van der Waals surface area contributed by atoms with Crippen LogP contribution in [0.2, 0.25) is 0 Å². The van der Waals surface area contributed by atoms with Crippen LogP contribution in [0.15, 0.2) is 11.1 Å². The quantitative estimate of drug-likeness (QED) is 0.700. The molecule has 0 fully saturated rings. The van der Waals surface area contributed by atoms with Crippen LogP contribution < -0.4 is 5.56 Å². The van der Waals surface area contributed by atoms with Gasteiger partial charge >= 0.3 is 0 Å². The fourth-order valence-electron chi connectivity index (χ4n) is 3.45. The molecule has 0 aliphatic heterocycles. The van der Waals surface area contributed by atoms with E-state index in [2.05, 4.69) is 34.4 Å². The van der Waals surface area contributed by atoms with Crippen molar-refractivity contribution in [2.45, 2.75) is 59.0 Å². The van der Waals surface area contributed by atoms with Crippen molar-refractivity contribution < 1.29 is 0 Å². The highest BCUT2D eigenvalue weighted by molar-refractivity contribution is 7.18. The van der Waals surface area contributed by atoms with E-state index < -0.39 is 0 Å². The van der Waals surface area contributed by atoms with Gasteiger partial charge in [-0.15, -0.1) is 16.4 Å². The number of rotatable bonds is 5. The second kappa shape index (κ2) is 6.67. The highest BCUT2D eigenvalue weighted by Gasteiger charge is 2.23. The number of aromatic nitrogens is 6. The Kier molecular flexibility index (Phi) is 4.37. The first-order valence-corrected chi connectivity index (χ1v) is 9.73. The minimum Gasteiger partial charge on any atom is -0.291 e. The van der Waals surface area contributed by atoms with Gasteiger partial charge in [-0.2, -0.15) is 0 Å². The number of fused-ring (bicyclic) bond motifs is 3. The Morgan fingerprint density at radius 1 is 1.40 bits per heavy atom. The average Bonchev–Trinajstić information content (AvgIpc) is 3.19. The van der Waals surface area contributed by atoms with Gasteiger partial charge in [0.05, 0.1) is 18.3 Å². The van der Waals surface area contributed by atoms with Crippen molar-refractivity contribution in [1.29, 1.82) is 0 Å². The fraction of sp³-hybridized carbons (Fsp3) is 0.588. The van der Waals surface area contributed by atoms with Crippen LogP contribution in [0, 0.1) is 5.92 Å². The summed E-state index contributed by atoms with van der Waals surface area (Å²) in [6, 6.07) is 0. The minimum absolute atomic E-state index is 0.0297. The SMILES string of the molecule is CCCCn1nnnc1Cn1cnc2sc3c(c2c1=O)CC[C@H](C)C3.